The molecule has 0 aromatic heterocycles. The normalized spacial score (nSPS) is 13.5. The lowest BCUT2D eigenvalue weighted by molar-refractivity contribution is -0.139. The number of carbonyl (C=O) groups excluding carboxylic acids is 4. The first kappa shape index (κ1) is 26.6. The monoisotopic (exact) mass is 449 g/mol. The minimum Gasteiger partial charge on any atom is -0.480 e. The van der Waals surface area contributed by atoms with Crippen molar-refractivity contribution in [3.63, 3.8) is 0 Å². The average molecular weight is 450 g/mol. The van der Waals surface area contributed by atoms with Gasteiger partial charge in [-0.25, -0.2) is 0 Å². The third-order valence-electron chi connectivity index (χ3n) is 4.61. The number of hydrogen-bond acceptors (Lipinski definition) is 6. The molecule has 0 aliphatic carbocycles. The van der Waals surface area contributed by atoms with Crippen molar-refractivity contribution in [1.82, 2.24) is 16.0 Å². The Hall–Kier alpha value is -3.47. The molecule has 1 aromatic carbocycles. The van der Waals surface area contributed by atoms with Gasteiger partial charge in [0.2, 0.25) is 23.6 Å². The molecule has 0 aliphatic heterocycles. The molecule has 1 rings (SSSR count). The van der Waals surface area contributed by atoms with Crippen LogP contribution in [0.5, 0.6) is 0 Å². The Morgan fingerprint density at radius 2 is 1.59 bits per heavy atom. The fourth-order valence-corrected chi connectivity index (χ4v) is 2.86. The van der Waals surface area contributed by atoms with Crippen LogP contribution < -0.4 is 27.4 Å². The summed E-state index contributed by atoms with van der Waals surface area (Å²) in [5, 5.41) is 16.0. The number of nitrogens with two attached hydrogens (primary N) is 2. The summed E-state index contributed by atoms with van der Waals surface area (Å²) in [6.07, 6.45) is -0.0284. The Labute approximate surface area is 186 Å². The number of benzene rings is 1. The molecular weight excluding hydrogens is 418 g/mol. The van der Waals surface area contributed by atoms with E-state index in [0.29, 0.717) is 0 Å². The highest BCUT2D eigenvalue weighted by molar-refractivity contribution is 5.94. The second-order valence-corrected chi connectivity index (χ2v) is 7.70. The number of hydrogen-bond donors (Lipinski definition) is 6. The summed E-state index contributed by atoms with van der Waals surface area (Å²) < 4.78 is 0. The van der Waals surface area contributed by atoms with E-state index < -0.39 is 54.3 Å². The van der Waals surface area contributed by atoms with Gasteiger partial charge in [-0.2, -0.15) is 0 Å². The van der Waals surface area contributed by atoms with E-state index in [4.69, 9.17) is 16.6 Å². The van der Waals surface area contributed by atoms with Crippen molar-refractivity contribution in [3.8, 4) is 0 Å². The highest BCUT2D eigenvalue weighted by Gasteiger charge is 2.30. The predicted molar refractivity (Wildman–Crippen MR) is 116 cm³/mol. The van der Waals surface area contributed by atoms with Gasteiger partial charge in [-0.15, -0.1) is 0 Å². The molecule has 0 heterocycles. The van der Waals surface area contributed by atoms with E-state index in [9.17, 15) is 24.0 Å². The zero-order valence-corrected chi connectivity index (χ0v) is 18.2. The molecule has 8 N–H and O–H groups in total. The maximum atomic E-state index is 12.8. The van der Waals surface area contributed by atoms with Crippen molar-refractivity contribution >= 4 is 29.6 Å². The van der Waals surface area contributed by atoms with Crippen molar-refractivity contribution in [2.45, 2.75) is 51.2 Å². The number of carboxylic acids is 1. The van der Waals surface area contributed by atoms with Crippen LogP contribution in [0.2, 0.25) is 0 Å². The van der Waals surface area contributed by atoms with E-state index in [2.05, 4.69) is 16.0 Å². The number of rotatable bonds is 13. The van der Waals surface area contributed by atoms with Crippen LogP contribution in [0.15, 0.2) is 30.3 Å². The maximum absolute atomic E-state index is 12.8. The van der Waals surface area contributed by atoms with Crippen LogP contribution in [-0.4, -0.2) is 59.4 Å². The summed E-state index contributed by atoms with van der Waals surface area (Å²) in [6.45, 7) is 2.73. The molecule has 0 saturated heterocycles. The topological polar surface area (TPSA) is 194 Å². The molecule has 3 unspecified atom stereocenters. The molecule has 11 nitrogen and oxygen atoms in total. The Balaban J connectivity index is 2.86. The smallest absolute Gasteiger partial charge is 0.322 e. The van der Waals surface area contributed by atoms with Gasteiger partial charge in [-0.1, -0.05) is 44.2 Å². The molecule has 0 saturated carbocycles. The van der Waals surface area contributed by atoms with E-state index in [1.165, 1.54) is 0 Å². The Morgan fingerprint density at radius 1 is 0.969 bits per heavy atom. The van der Waals surface area contributed by atoms with Crippen LogP contribution in [0.25, 0.3) is 0 Å². The SMILES string of the molecule is CC(C)C(NC(=O)C(CCC(N)=O)NC(=O)C(N)Cc1ccccc1)C(=O)NCC(=O)O. The van der Waals surface area contributed by atoms with Crippen LogP contribution in [0.1, 0.15) is 32.3 Å². The first-order valence-corrected chi connectivity index (χ1v) is 10.2. The van der Waals surface area contributed by atoms with E-state index in [1.807, 2.05) is 30.3 Å². The molecule has 176 valence electrons. The van der Waals surface area contributed by atoms with Gasteiger partial charge in [-0.05, 0) is 24.3 Å². The Kier molecular flexibility index (Phi) is 10.8. The number of aliphatic carboxylic acids is 1. The van der Waals surface area contributed by atoms with Crippen LogP contribution >= 0.6 is 0 Å². The average Bonchev–Trinajstić information content (AvgIpc) is 2.73. The molecule has 0 aliphatic rings. The summed E-state index contributed by atoms with van der Waals surface area (Å²) in [7, 11) is 0. The minimum absolute atomic E-state index is 0.0908. The van der Waals surface area contributed by atoms with Crippen molar-refractivity contribution in [1.29, 1.82) is 0 Å². The van der Waals surface area contributed by atoms with Gasteiger partial charge in [0, 0.05) is 6.42 Å². The number of carboxylic acid groups (broad SMARTS) is 1. The van der Waals surface area contributed by atoms with Crippen molar-refractivity contribution in [3.05, 3.63) is 35.9 Å². The number of primary amides is 1. The standard InChI is InChI=1S/C21H31N5O6/c1-12(2)18(21(32)24-11-17(28)29)26-20(31)15(8-9-16(23)27)25-19(30)14(22)10-13-6-4-3-5-7-13/h3-7,12,14-15,18H,8-11,22H2,1-2H3,(H2,23,27)(H,24,32)(H,25,30)(H,26,31)(H,28,29). The zero-order chi connectivity index (χ0) is 24.3. The summed E-state index contributed by atoms with van der Waals surface area (Å²) >= 11 is 0. The number of carbonyl (C=O) groups is 5. The highest BCUT2D eigenvalue weighted by Crippen LogP contribution is 2.06. The molecule has 4 amide bonds. The lowest BCUT2D eigenvalue weighted by Gasteiger charge is -2.25. The fourth-order valence-electron chi connectivity index (χ4n) is 2.86. The summed E-state index contributed by atoms with van der Waals surface area (Å²) in [4.78, 5) is 59.5. The van der Waals surface area contributed by atoms with Crippen LogP contribution in [0, 0.1) is 5.92 Å². The maximum Gasteiger partial charge on any atom is 0.322 e. The molecule has 11 heteroatoms. The zero-order valence-electron chi connectivity index (χ0n) is 18.2. The summed E-state index contributed by atoms with van der Waals surface area (Å²) in [5.74, 6) is -4.26. The quantitative estimate of drug-likeness (QED) is 0.214. The van der Waals surface area contributed by atoms with Crippen LogP contribution in [0.4, 0.5) is 0 Å². The second kappa shape index (κ2) is 13.1. The molecule has 0 radical (unpaired) electrons. The van der Waals surface area contributed by atoms with Gasteiger partial charge in [0.1, 0.15) is 18.6 Å². The second-order valence-electron chi connectivity index (χ2n) is 7.70. The molecule has 32 heavy (non-hydrogen) atoms. The summed E-state index contributed by atoms with van der Waals surface area (Å²) in [6, 6.07) is 5.92. The predicted octanol–water partition coefficient (Wildman–Crippen LogP) is -1.35. The highest BCUT2D eigenvalue weighted by atomic mass is 16.4. The van der Waals surface area contributed by atoms with E-state index in [0.717, 1.165) is 5.56 Å². The third-order valence-corrected chi connectivity index (χ3v) is 4.61. The van der Waals surface area contributed by atoms with Crippen molar-refractivity contribution in [2.24, 2.45) is 17.4 Å². The van der Waals surface area contributed by atoms with Gasteiger partial charge in [0.15, 0.2) is 0 Å². The van der Waals surface area contributed by atoms with Gasteiger partial charge >= 0.3 is 5.97 Å². The largest absolute Gasteiger partial charge is 0.480 e. The van der Waals surface area contributed by atoms with Gasteiger partial charge in [0.05, 0.1) is 6.04 Å². The van der Waals surface area contributed by atoms with Crippen LogP contribution in [0.3, 0.4) is 0 Å². The van der Waals surface area contributed by atoms with Gasteiger partial charge < -0.3 is 32.5 Å². The lowest BCUT2D eigenvalue weighted by atomic mass is 10.0. The molecule has 0 fully saturated rings. The Morgan fingerprint density at radius 3 is 2.12 bits per heavy atom. The first-order valence-electron chi connectivity index (χ1n) is 10.2. The Bertz CT molecular complexity index is 814. The van der Waals surface area contributed by atoms with Crippen molar-refractivity contribution in [2.75, 3.05) is 6.54 Å². The fraction of sp³-hybridized carbons (Fsp3) is 0.476. The molecular formula is C21H31N5O6. The number of nitrogens with one attached hydrogen (secondary N) is 3. The molecule has 3 atom stereocenters. The van der Waals surface area contributed by atoms with Gasteiger partial charge in [-0.3, -0.25) is 24.0 Å². The van der Waals surface area contributed by atoms with E-state index in [1.54, 1.807) is 13.8 Å². The number of amides is 4. The molecule has 0 bridgehead atoms. The lowest BCUT2D eigenvalue weighted by Crippen LogP contribution is -2.57. The first-order chi connectivity index (χ1) is 15.0. The van der Waals surface area contributed by atoms with Crippen LogP contribution in [-0.2, 0) is 30.4 Å². The summed E-state index contributed by atoms with van der Waals surface area (Å²) in [5.41, 5.74) is 12.0. The molecule has 0 spiro atoms. The van der Waals surface area contributed by atoms with Gasteiger partial charge in [0.25, 0.3) is 0 Å². The van der Waals surface area contributed by atoms with E-state index >= 15 is 0 Å². The molecule has 1 aromatic rings. The van der Waals surface area contributed by atoms with E-state index in [-0.39, 0.29) is 25.2 Å². The minimum atomic E-state index is -1.23. The van der Waals surface area contributed by atoms with Crippen molar-refractivity contribution < 1.29 is 29.1 Å². The third kappa shape index (κ3) is 9.56.